The van der Waals surface area contributed by atoms with E-state index >= 15 is 0 Å². The van der Waals surface area contributed by atoms with Crippen LogP contribution < -0.4 is 10.1 Å². The molecule has 0 saturated carbocycles. The van der Waals surface area contributed by atoms with E-state index in [-0.39, 0.29) is 24.0 Å². The second kappa shape index (κ2) is 9.24. The van der Waals surface area contributed by atoms with Gasteiger partial charge in [0.05, 0.1) is 6.54 Å². The third-order valence-electron chi connectivity index (χ3n) is 4.29. The summed E-state index contributed by atoms with van der Waals surface area (Å²) in [5.74, 6) is 0.392. The lowest BCUT2D eigenvalue weighted by Gasteiger charge is -2.04. The molecule has 9 heteroatoms. The lowest BCUT2D eigenvalue weighted by molar-refractivity contribution is 0.0992. The van der Waals surface area contributed by atoms with Crippen molar-refractivity contribution in [2.24, 2.45) is 0 Å². The highest BCUT2D eigenvalue weighted by Gasteiger charge is 2.16. The molecule has 4 rings (SSSR count). The maximum atomic E-state index is 12.9. The molecule has 0 aliphatic carbocycles. The van der Waals surface area contributed by atoms with Gasteiger partial charge in [-0.3, -0.25) is 9.48 Å². The van der Waals surface area contributed by atoms with Crippen LogP contribution >= 0.6 is 23.2 Å². The molecule has 2 aromatic carbocycles. The Labute approximate surface area is 187 Å². The molecule has 31 heavy (non-hydrogen) atoms. The van der Waals surface area contributed by atoms with Crippen LogP contribution in [0, 0.1) is 5.82 Å². The molecular weight excluding hydrogens is 444 g/mol. The number of hydrogen-bond acceptors (Lipinski definition) is 4. The van der Waals surface area contributed by atoms with E-state index in [9.17, 15) is 9.18 Å². The number of furan rings is 1. The Bertz CT molecular complexity index is 1190. The highest BCUT2D eigenvalue weighted by Crippen LogP contribution is 2.22. The largest absolute Gasteiger partial charge is 0.486 e. The van der Waals surface area contributed by atoms with Crippen molar-refractivity contribution in [1.82, 2.24) is 9.78 Å². The van der Waals surface area contributed by atoms with Crippen LogP contribution in [0.25, 0.3) is 0 Å². The minimum Gasteiger partial charge on any atom is -0.486 e. The Morgan fingerprint density at radius 3 is 2.55 bits per heavy atom. The summed E-state index contributed by atoms with van der Waals surface area (Å²) in [6, 6.07) is 16.1. The maximum Gasteiger partial charge on any atom is 0.292 e. The number of ether oxygens (including phenoxy) is 1. The molecule has 0 radical (unpaired) electrons. The van der Waals surface area contributed by atoms with Crippen molar-refractivity contribution < 1.29 is 18.3 Å². The van der Waals surface area contributed by atoms with Gasteiger partial charge >= 0.3 is 0 Å². The lowest BCUT2D eigenvalue weighted by atomic mass is 10.2. The molecule has 2 heterocycles. The first-order chi connectivity index (χ1) is 15.0. The van der Waals surface area contributed by atoms with E-state index in [0.717, 1.165) is 5.56 Å². The van der Waals surface area contributed by atoms with E-state index in [1.54, 1.807) is 29.1 Å². The molecule has 158 valence electrons. The van der Waals surface area contributed by atoms with Gasteiger partial charge in [0.1, 0.15) is 29.0 Å². The van der Waals surface area contributed by atoms with Gasteiger partial charge in [0.25, 0.3) is 5.91 Å². The topological polar surface area (TPSA) is 69.3 Å². The second-order valence-electron chi connectivity index (χ2n) is 6.61. The van der Waals surface area contributed by atoms with Crippen molar-refractivity contribution in [2.75, 3.05) is 5.32 Å². The Kier molecular flexibility index (Phi) is 6.25. The molecule has 0 atom stereocenters. The van der Waals surface area contributed by atoms with Crippen molar-refractivity contribution in [3.05, 3.63) is 99.8 Å². The number of rotatable bonds is 7. The van der Waals surface area contributed by atoms with Crippen LogP contribution in [-0.4, -0.2) is 15.7 Å². The summed E-state index contributed by atoms with van der Waals surface area (Å²) in [6.07, 6.45) is 1.62. The van der Waals surface area contributed by atoms with Crippen LogP contribution in [0.3, 0.4) is 0 Å². The smallest absolute Gasteiger partial charge is 0.292 e. The fourth-order valence-corrected chi connectivity index (χ4v) is 3.10. The third-order valence-corrected chi connectivity index (χ3v) is 4.82. The van der Waals surface area contributed by atoms with Gasteiger partial charge in [-0.2, -0.15) is 5.10 Å². The molecule has 6 nitrogen and oxygen atoms in total. The summed E-state index contributed by atoms with van der Waals surface area (Å²) < 4.78 is 25.6. The van der Waals surface area contributed by atoms with Gasteiger partial charge in [-0.05, 0) is 54.1 Å². The summed E-state index contributed by atoms with van der Waals surface area (Å²) in [5, 5.41) is 7.89. The van der Waals surface area contributed by atoms with Crippen LogP contribution in [0.1, 0.15) is 21.9 Å². The van der Waals surface area contributed by atoms with E-state index in [2.05, 4.69) is 10.4 Å². The van der Waals surface area contributed by atoms with Crippen LogP contribution in [0.5, 0.6) is 5.75 Å². The van der Waals surface area contributed by atoms with E-state index < -0.39 is 5.91 Å². The van der Waals surface area contributed by atoms with Gasteiger partial charge in [0.2, 0.25) is 0 Å². The van der Waals surface area contributed by atoms with Crippen LogP contribution in [0.15, 0.2) is 71.3 Å². The molecule has 0 unspecified atom stereocenters. The van der Waals surface area contributed by atoms with Crippen molar-refractivity contribution in [3.8, 4) is 5.75 Å². The number of benzene rings is 2. The highest BCUT2D eigenvalue weighted by molar-refractivity contribution is 6.33. The van der Waals surface area contributed by atoms with Gasteiger partial charge in [0, 0.05) is 11.2 Å². The minimum atomic E-state index is -0.494. The number of carbonyl (C=O) groups is 1. The van der Waals surface area contributed by atoms with Gasteiger partial charge < -0.3 is 14.5 Å². The summed E-state index contributed by atoms with van der Waals surface area (Å²) in [4.78, 5) is 12.5. The standard InChI is InChI=1S/C22H16Cl2FN3O3/c23-15-3-1-14(2-4-15)11-28-12-19(24)21(27-28)26-22(29)20-10-9-18(31-20)13-30-17-7-5-16(25)6-8-17/h1-10,12H,11,13H2,(H,26,27,29). The lowest BCUT2D eigenvalue weighted by Crippen LogP contribution is -2.12. The Balaban J connectivity index is 1.36. The molecule has 1 amide bonds. The van der Waals surface area contributed by atoms with Crippen molar-refractivity contribution >= 4 is 34.9 Å². The Morgan fingerprint density at radius 2 is 1.81 bits per heavy atom. The summed E-state index contributed by atoms with van der Waals surface area (Å²) in [7, 11) is 0. The van der Waals surface area contributed by atoms with Gasteiger partial charge in [-0.15, -0.1) is 0 Å². The number of nitrogens with one attached hydrogen (secondary N) is 1. The molecular formula is C22H16Cl2FN3O3. The van der Waals surface area contributed by atoms with E-state index in [1.165, 1.54) is 30.3 Å². The molecule has 0 aliphatic rings. The predicted octanol–water partition coefficient (Wildman–Crippen LogP) is 5.80. The first-order valence-electron chi connectivity index (χ1n) is 9.22. The average Bonchev–Trinajstić information content (AvgIpc) is 3.36. The fraction of sp³-hybridized carbons (Fsp3) is 0.0909. The van der Waals surface area contributed by atoms with Gasteiger partial charge in [-0.25, -0.2) is 4.39 Å². The molecule has 0 spiro atoms. The number of amides is 1. The number of halogens is 3. The minimum absolute atomic E-state index is 0.0843. The number of aromatic nitrogens is 2. The Hall–Kier alpha value is -3.29. The average molecular weight is 460 g/mol. The zero-order valence-electron chi connectivity index (χ0n) is 16.0. The molecule has 0 bridgehead atoms. The van der Waals surface area contributed by atoms with Crippen molar-refractivity contribution in [1.29, 1.82) is 0 Å². The van der Waals surface area contributed by atoms with Crippen molar-refractivity contribution in [2.45, 2.75) is 13.2 Å². The SMILES string of the molecule is O=C(Nc1nn(Cc2ccc(Cl)cc2)cc1Cl)c1ccc(COc2ccc(F)cc2)o1. The van der Waals surface area contributed by atoms with Crippen molar-refractivity contribution in [3.63, 3.8) is 0 Å². The molecule has 4 aromatic rings. The van der Waals surface area contributed by atoms with Gasteiger partial charge in [0.15, 0.2) is 11.6 Å². The third kappa shape index (κ3) is 5.45. The maximum absolute atomic E-state index is 12.9. The predicted molar refractivity (Wildman–Crippen MR) is 115 cm³/mol. The fourth-order valence-electron chi connectivity index (χ4n) is 2.77. The normalized spacial score (nSPS) is 10.8. The van der Waals surface area contributed by atoms with Gasteiger partial charge in [-0.1, -0.05) is 35.3 Å². The zero-order valence-corrected chi connectivity index (χ0v) is 17.5. The molecule has 0 saturated heterocycles. The summed E-state index contributed by atoms with van der Waals surface area (Å²) in [5.41, 5.74) is 0.985. The quantitative estimate of drug-likeness (QED) is 0.379. The molecule has 2 aromatic heterocycles. The van der Waals surface area contributed by atoms with E-state index in [4.69, 9.17) is 32.4 Å². The zero-order chi connectivity index (χ0) is 21.8. The monoisotopic (exact) mass is 459 g/mol. The van der Waals surface area contributed by atoms with E-state index in [0.29, 0.717) is 28.1 Å². The van der Waals surface area contributed by atoms with E-state index in [1.807, 2.05) is 12.1 Å². The first-order valence-corrected chi connectivity index (χ1v) is 9.98. The number of hydrogen-bond donors (Lipinski definition) is 1. The highest BCUT2D eigenvalue weighted by atomic mass is 35.5. The second-order valence-corrected chi connectivity index (χ2v) is 7.46. The Morgan fingerprint density at radius 1 is 1.06 bits per heavy atom. The molecule has 0 fully saturated rings. The number of anilines is 1. The molecule has 0 aliphatic heterocycles. The van der Waals surface area contributed by atoms with Crippen LogP contribution in [0.2, 0.25) is 10.0 Å². The first kappa shape index (κ1) is 21.0. The summed E-state index contributed by atoms with van der Waals surface area (Å²) >= 11 is 12.1. The number of carbonyl (C=O) groups excluding carboxylic acids is 1. The van der Waals surface area contributed by atoms with Crippen LogP contribution in [0.4, 0.5) is 10.2 Å². The summed E-state index contributed by atoms with van der Waals surface area (Å²) in [6.45, 7) is 0.563. The molecule has 1 N–H and O–H groups in total. The van der Waals surface area contributed by atoms with Crippen LogP contribution in [-0.2, 0) is 13.2 Å². The number of nitrogens with zero attached hydrogens (tertiary/aromatic N) is 2.